The van der Waals surface area contributed by atoms with Gasteiger partial charge in [-0.2, -0.15) is 0 Å². The Hall–Kier alpha value is -1.55. The molecule has 1 atom stereocenters. The number of benzene rings is 1. The van der Waals surface area contributed by atoms with Gasteiger partial charge >= 0.3 is 0 Å². The summed E-state index contributed by atoms with van der Waals surface area (Å²) >= 11 is 0. The van der Waals surface area contributed by atoms with Gasteiger partial charge < -0.3 is 15.8 Å². The first-order valence-electron chi connectivity index (χ1n) is 5.47. The predicted octanol–water partition coefficient (Wildman–Crippen LogP) is 1.76. The molecule has 1 rings (SSSR count). The fraction of sp³-hybridized carbons (Fsp3) is 0.417. The molecule has 0 fully saturated rings. The highest BCUT2D eigenvalue weighted by atomic mass is 16.5. The van der Waals surface area contributed by atoms with Crippen LogP contribution in [0.5, 0.6) is 5.75 Å². The fourth-order valence-corrected chi connectivity index (χ4v) is 1.26. The number of carbonyl (C=O) groups is 1. The number of ether oxygens (including phenoxy) is 1. The van der Waals surface area contributed by atoms with Crippen LogP contribution in [0.4, 0.5) is 5.69 Å². The van der Waals surface area contributed by atoms with Crippen molar-refractivity contribution in [3.63, 3.8) is 0 Å². The Labute approximate surface area is 95.8 Å². The first kappa shape index (κ1) is 12.5. The van der Waals surface area contributed by atoms with Gasteiger partial charge in [-0.15, -0.1) is 0 Å². The lowest BCUT2D eigenvalue weighted by molar-refractivity contribution is -0.117. The molecule has 1 amide bonds. The third-order valence-electron chi connectivity index (χ3n) is 2.22. The molecule has 1 unspecified atom stereocenters. The normalized spacial score (nSPS) is 11.9. The average molecular weight is 222 g/mol. The minimum absolute atomic E-state index is 0.186. The van der Waals surface area contributed by atoms with E-state index in [1.807, 2.05) is 32.0 Å². The molecule has 1 aromatic carbocycles. The van der Waals surface area contributed by atoms with Crippen LogP contribution >= 0.6 is 0 Å². The molecule has 16 heavy (non-hydrogen) atoms. The van der Waals surface area contributed by atoms with Crippen molar-refractivity contribution in [2.24, 2.45) is 5.73 Å². The van der Waals surface area contributed by atoms with Crippen molar-refractivity contribution in [3.05, 3.63) is 24.3 Å². The third-order valence-corrected chi connectivity index (χ3v) is 2.22. The maximum absolute atomic E-state index is 11.6. The fourth-order valence-electron chi connectivity index (χ4n) is 1.26. The molecule has 88 valence electrons. The minimum atomic E-state index is -0.477. The molecule has 0 radical (unpaired) electrons. The molecule has 0 heterocycles. The molecule has 0 aliphatic carbocycles. The van der Waals surface area contributed by atoms with Gasteiger partial charge in [0.2, 0.25) is 5.91 Å². The summed E-state index contributed by atoms with van der Waals surface area (Å²) in [6.45, 7) is 4.34. The molecule has 0 aromatic heterocycles. The summed E-state index contributed by atoms with van der Waals surface area (Å²) in [7, 11) is 0. The van der Waals surface area contributed by atoms with Crippen molar-refractivity contribution in [1.82, 2.24) is 0 Å². The summed E-state index contributed by atoms with van der Waals surface area (Å²) in [6, 6.07) is 6.84. The van der Waals surface area contributed by atoms with Gasteiger partial charge in [0.1, 0.15) is 5.75 Å². The van der Waals surface area contributed by atoms with Crippen LogP contribution in [0.25, 0.3) is 0 Å². The van der Waals surface area contributed by atoms with Crippen LogP contribution in [0.1, 0.15) is 20.3 Å². The predicted molar refractivity (Wildman–Crippen MR) is 64.5 cm³/mol. The van der Waals surface area contributed by atoms with E-state index in [2.05, 4.69) is 5.32 Å². The lowest BCUT2D eigenvalue weighted by Gasteiger charge is -2.13. The van der Waals surface area contributed by atoms with E-state index in [-0.39, 0.29) is 5.91 Å². The number of carbonyl (C=O) groups excluding carboxylic acids is 1. The molecule has 3 N–H and O–H groups in total. The van der Waals surface area contributed by atoms with Crippen molar-refractivity contribution in [1.29, 1.82) is 0 Å². The molecule has 0 aliphatic heterocycles. The standard InChI is InChI=1S/C12H18N2O2/c1-3-9(13)12(15)14-10-7-5-6-8-11(10)16-4-2/h5-9H,3-4,13H2,1-2H3,(H,14,15). The molecular weight excluding hydrogens is 204 g/mol. The number of hydrogen-bond donors (Lipinski definition) is 2. The van der Waals surface area contributed by atoms with E-state index in [0.29, 0.717) is 24.5 Å². The second-order valence-electron chi connectivity index (χ2n) is 3.43. The van der Waals surface area contributed by atoms with Crippen LogP contribution in [0, 0.1) is 0 Å². The second-order valence-corrected chi connectivity index (χ2v) is 3.43. The highest BCUT2D eigenvalue weighted by Crippen LogP contribution is 2.23. The molecular formula is C12H18N2O2. The van der Waals surface area contributed by atoms with Gasteiger partial charge in [0.15, 0.2) is 0 Å². The molecule has 0 saturated carbocycles. The summed E-state index contributed by atoms with van der Waals surface area (Å²) in [5, 5.41) is 2.76. The van der Waals surface area contributed by atoms with Crippen LogP contribution in [0.2, 0.25) is 0 Å². The number of rotatable bonds is 5. The lowest BCUT2D eigenvalue weighted by Crippen LogP contribution is -2.34. The zero-order valence-electron chi connectivity index (χ0n) is 9.69. The van der Waals surface area contributed by atoms with Gasteiger partial charge in [0, 0.05) is 0 Å². The zero-order chi connectivity index (χ0) is 12.0. The molecule has 4 heteroatoms. The van der Waals surface area contributed by atoms with E-state index < -0.39 is 6.04 Å². The number of amides is 1. The van der Waals surface area contributed by atoms with E-state index in [0.717, 1.165) is 0 Å². The smallest absolute Gasteiger partial charge is 0.241 e. The van der Waals surface area contributed by atoms with Crippen LogP contribution in [0.3, 0.4) is 0 Å². The Morgan fingerprint density at radius 2 is 2.12 bits per heavy atom. The summed E-state index contributed by atoms with van der Waals surface area (Å²) in [6.07, 6.45) is 0.614. The summed E-state index contributed by atoms with van der Waals surface area (Å²) in [4.78, 5) is 11.6. The van der Waals surface area contributed by atoms with Gasteiger partial charge in [-0.1, -0.05) is 19.1 Å². The molecule has 0 bridgehead atoms. The van der Waals surface area contributed by atoms with Crippen molar-refractivity contribution in [2.45, 2.75) is 26.3 Å². The number of nitrogens with two attached hydrogens (primary N) is 1. The monoisotopic (exact) mass is 222 g/mol. The highest BCUT2D eigenvalue weighted by molar-refractivity contribution is 5.95. The summed E-state index contributed by atoms with van der Waals surface area (Å²) < 4.78 is 5.40. The molecule has 4 nitrogen and oxygen atoms in total. The molecule has 0 saturated heterocycles. The van der Waals surface area contributed by atoms with E-state index in [1.165, 1.54) is 0 Å². The SMILES string of the molecule is CCOc1ccccc1NC(=O)C(N)CC. The van der Waals surface area contributed by atoms with Crippen molar-refractivity contribution in [3.8, 4) is 5.75 Å². The van der Waals surface area contributed by atoms with Gasteiger partial charge in [-0.05, 0) is 25.5 Å². The minimum Gasteiger partial charge on any atom is -0.492 e. The van der Waals surface area contributed by atoms with Gasteiger partial charge in [0.05, 0.1) is 18.3 Å². The summed E-state index contributed by atoms with van der Waals surface area (Å²) in [5.74, 6) is 0.483. The maximum atomic E-state index is 11.6. The molecule has 0 spiro atoms. The average Bonchev–Trinajstić information content (AvgIpc) is 2.31. The van der Waals surface area contributed by atoms with Crippen molar-refractivity contribution in [2.75, 3.05) is 11.9 Å². The van der Waals surface area contributed by atoms with Crippen molar-refractivity contribution < 1.29 is 9.53 Å². The van der Waals surface area contributed by atoms with Crippen LogP contribution < -0.4 is 15.8 Å². The van der Waals surface area contributed by atoms with Crippen LogP contribution in [-0.4, -0.2) is 18.6 Å². The van der Waals surface area contributed by atoms with E-state index >= 15 is 0 Å². The number of hydrogen-bond acceptors (Lipinski definition) is 3. The Morgan fingerprint density at radius 3 is 2.75 bits per heavy atom. The van der Waals surface area contributed by atoms with E-state index in [9.17, 15) is 4.79 Å². The first-order valence-corrected chi connectivity index (χ1v) is 5.47. The van der Waals surface area contributed by atoms with Gasteiger partial charge in [-0.3, -0.25) is 4.79 Å². The molecule has 1 aromatic rings. The lowest BCUT2D eigenvalue weighted by atomic mass is 10.2. The van der Waals surface area contributed by atoms with Crippen molar-refractivity contribution >= 4 is 11.6 Å². The topological polar surface area (TPSA) is 64.3 Å². The highest BCUT2D eigenvalue weighted by Gasteiger charge is 2.12. The zero-order valence-corrected chi connectivity index (χ0v) is 9.69. The van der Waals surface area contributed by atoms with Gasteiger partial charge in [0.25, 0.3) is 0 Å². The third kappa shape index (κ3) is 3.24. The number of nitrogens with one attached hydrogen (secondary N) is 1. The number of anilines is 1. The second kappa shape index (κ2) is 6.12. The van der Waals surface area contributed by atoms with Crippen LogP contribution in [-0.2, 0) is 4.79 Å². The Bertz CT molecular complexity index is 353. The summed E-state index contributed by atoms with van der Waals surface area (Å²) in [5.41, 5.74) is 6.30. The Morgan fingerprint density at radius 1 is 1.44 bits per heavy atom. The van der Waals surface area contributed by atoms with E-state index in [1.54, 1.807) is 6.07 Å². The largest absolute Gasteiger partial charge is 0.492 e. The first-order chi connectivity index (χ1) is 7.69. The Kier molecular flexibility index (Phi) is 4.79. The molecule has 0 aliphatic rings. The van der Waals surface area contributed by atoms with Crippen LogP contribution in [0.15, 0.2) is 24.3 Å². The quantitative estimate of drug-likeness (QED) is 0.798. The maximum Gasteiger partial charge on any atom is 0.241 e. The number of para-hydroxylation sites is 2. The Balaban J connectivity index is 2.76. The van der Waals surface area contributed by atoms with E-state index in [4.69, 9.17) is 10.5 Å². The van der Waals surface area contributed by atoms with Gasteiger partial charge in [-0.25, -0.2) is 0 Å².